The average molecular weight is 199 g/mol. The second kappa shape index (κ2) is 7.12. The number of ether oxygens (including phenoxy) is 1. The number of hydrogen-bond acceptors (Lipinski definition) is 3. The summed E-state index contributed by atoms with van der Waals surface area (Å²) in [6, 6.07) is 0. The lowest BCUT2D eigenvalue weighted by Crippen LogP contribution is -2.29. The van der Waals surface area contributed by atoms with Crippen molar-refractivity contribution >= 4 is 11.9 Å². The van der Waals surface area contributed by atoms with Crippen LogP contribution in [-0.4, -0.2) is 25.0 Å². The lowest BCUT2D eigenvalue weighted by Gasteiger charge is -2.06. The van der Waals surface area contributed by atoms with E-state index in [4.69, 9.17) is 4.74 Å². The van der Waals surface area contributed by atoms with Gasteiger partial charge in [-0.1, -0.05) is 20.4 Å². The van der Waals surface area contributed by atoms with Crippen LogP contribution in [0.5, 0.6) is 0 Å². The molecule has 0 heterocycles. The van der Waals surface area contributed by atoms with Crippen LogP contribution in [0.4, 0.5) is 0 Å². The van der Waals surface area contributed by atoms with Crippen LogP contribution in [0.25, 0.3) is 0 Å². The van der Waals surface area contributed by atoms with Crippen LogP contribution < -0.4 is 5.32 Å². The minimum Gasteiger partial charge on any atom is -0.464 e. The molecule has 0 fully saturated rings. The molecule has 0 aromatic rings. The number of carbonyl (C=O) groups is 2. The van der Waals surface area contributed by atoms with Gasteiger partial charge in [-0.25, -0.2) is 0 Å². The highest BCUT2D eigenvalue weighted by Crippen LogP contribution is 1.98. The van der Waals surface area contributed by atoms with Gasteiger partial charge in [0, 0.05) is 0 Å². The lowest BCUT2D eigenvalue weighted by atomic mass is 10.1. The van der Waals surface area contributed by atoms with Crippen LogP contribution in [0.2, 0.25) is 0 Å². The van der Waals surface area contributed by atoms with Crippen molar-refractivity contribution in [3.8, 4) is 0 Å². The zero-order chi connectivity index (χ0) is 11.0. The minimum absolute atomic E-state index is 0.0943. The van der Waals surface area contributed by atoms with Crippen molar-refractivity contribution < 1.29 is 14.3 Å². The third-order valence-corrected chi connectivity index (χ3v) is 1.55. The molecule has 0 rings (SSSR count). The average Bonchev–Trinajstić information content (AvgIpc) is 2.13. The summed E-state index contributed by atoms with van der Waals surface area (Å²) in [6.45, 7) is 7.67. The van der Waals surface area contributed by atoms with Gasteiger partial charge in [0.05, 0.1) is 6.61 Å². The standard InChI is InChI=1S/C10H17NO3/c1-4-9(12)11-7-10(13)14-6-5-8(2)3/h4,8H,1,5-7H2,2-3H3,(H,11,12). The Balaban J connectivity index is 3.46. The van der Waals surface area contributed by atoms with Crippen molar-refractivity contribution in [3.05, 3.63) is 12.7 Å². The molecule has 0 spiro atoms. The Hall–Kier alpha value is -1.32. The number of amides is 1. The molecule has 0 atom stereocenters. The molecule has 80 valence electrons. The summed E-state index contributed by atoms with van der Waals surface area (Å²) in [4.78, 5) is 21.6. The highest BCUT2D eigenvalue weighted by molar-refractivity contribution is 5.89. The molecule has 0 unspecified atom stereocenters. The topological polar surface area (TPSA) is 55.4 Å². The monoisotopic (exact) mass is 199 g/mol. The third kappa shape index (κ3) is 7.34. The summed E-state index contributed by atoms with van der Waals surface area (Å²) in [5.74, 6) is -0.280. The van der Waals surface area contributed by atoms with Crippen LogP contribution in [0.1, 0.15) is 20.3 Å². The fraction of sp³-hybridized carbons (Fsp3) is 0.600. The fourth-order valence-corrected chi connectivity index (χ4v) is 0.691. The van der Waals surface area contributed by atoms with Crippen LogP contribution >= 0.6 is 0 Å². The van der Waals surface area contributed by atoms with Gasteiger partial charge >= 0.3 is 5.97 Å². The molecular weight excluding hydrogens is 182 g/mol. The maximum atomic E-state index is 11.0. The first-order valence-corrected chi connectivity index (χ1v) is 4.62. The zero-order valence-corrected chi connectivity index (χ0v) is 8.71. The minimum atomic E-state index is -0.416. The van der Waals surface area contributed by atoms with Gasteiger partial charge in [-0.15, -0.1) is 0 Å². The Labute approximate surface area is 84.3 Å². The van der Waals surface area contributed by atoms with Gasteiger partial charge in [-0.2, -0.15) is 0 Å². The van der Waals surface area contributed by atoms with E-state index in [1.165, 1.54) is 0 Å². The van der Waals surface area contributed by atoms with Crippen molar-refractivity contribution in [2.24, 2.45) is 5.92 Å². The number of nitrogens with one attached hydrogen (secondary N) is 1. The summed E-state index contributed by atoms with van der Waals surface area (Å²) < 4.78 is 4.86. The number of hydrogen-bond donors (Lipinski definition) is 1. The van der Waals surface area contributed by atoms with Gasteiger partial charge < -0.3 is 10.1 Å². The molecule has 0 saturated carbocycles. The predicted octanol–water partition coefficient (Wildman–Crippen LogP) is 0.878. The van der Waals surface area contributed by atoms with Gasteiger partial charge in [0.25, 0.3) is 0 Å². The third-order valence-electron chi connectivity index (χ3n) is 1.55. The first-order chi connectivity index (χ1) is 6.56. The van der Waals surface area contributed by atoms with Gasteiger partial charge in [0.15, 0.2) is 0 Å². The molecule has 1 N–H and O–H groups in total. The van der Waals surface area contributed by atoms with Crippen molar-refractivity contribution in [2.45, 2.75) is 20.3 Å². The van der Waals surface area contributed by atoms with E-state index >= 15 is 0 Å². The SMILES string of the molecule is C=CC(=O)NCC(=O)OCCC(C)C. The molecule has 0 bridgehead atoms. The largest absolute Gasteiger partial charge is 0.464 e. The highest BCUT2D eigenvalue weighted by Gasteiger charge is 2.04. The predicted molar refractivity (Wildman–Crippen MR) is 53.6 cm³/mol. The summed E-state index contributed by atoms with van der Waals surface area (Å²) in [6.07, 6.45) is 1.95. The zero-order valence-electron chi connectivity index (χ0n) is 8.71. The summed E-state index contributed by atoms with van der Waals surface area (Å²) in [7, 11) is 0. The first kappa shape index (κ1) is 12.7. The summed E-state index contributed by atoms with van der Waals surface area (Å²) in [5, 5.41) is 2.34. The first-order valence-electron chi connectivity index (χ1n) is 4.62. The van der Waals surface area contributed by atoms with Gasteiger partial charge in [-0.05, 0) is 18.4 Å². The highest BCUT2D eigenvalue weighted by atomic mass is 16.5. The quantitative estimate of drug-likeness (QED) is 0.510. The molecule has 0 aromatic carbocycles. The number of carbonyl (C=O) groups excluding carboxylic acids is 2. The Bertz CT molecular complexity index is 211. The molecule has 0 saturated heterocycles. The van der Waals surface area contributed by atoms with E-state index in [-0.39, 0.29) is 12.5 Å². The summed E-state index contributed by atoms with van der Waals surface area (Å²) in [5.41, 5.74) is 0. The van der Waals surface area contributed by atoms with Crippen LogP contribution in [0, 0.1) is 5.92 Å². The van der Waals surface area contributed by atoms with Crippen molar-refractivity contribution in [1.82, 2.24) is 5.32 Å². The second-order valence-corrected chi connectivity index (χ2v) is 3.32. The van der Waals surface area contributed by atoms with E-state index in [2.05, 4.69) is 11.9 Å². The lowest BCUT2D eigenvalue weighted by molar-refractivity contribution is -0.143. The molecule has 0 aliphatic heterocycles. The Morgan fingerprint density at radius 1 is 1.50 bits per heavy atom. The summed E-state index contributed by atoms with van der Waals surface area (Å²) >= 11 is 0. The maximum absolute atomic E-state index is 11.0. The Morgan fingerprint density at radius 3 is 2.64 bits per heavy atom. The number of rotatable bonds is 6. The van der Waals surface area contributed by atoms with Crippen molar-refractivity contribution in [3.63, 3.8) is 0 Å². The van der Waals surface area contributed by atoms with E-state index in [1.807, 2.05) is 13.8 Å². The maximum Gasteiger partial charge on any atom is 0.325 e. The molecule has 0 aliphatic carbocycles. The van der Waals surface area contributed by atoms with Crippen LogP contribution in [0.3, 0.4) is 0 Å². The van der Waals surface area contributed by atoms with Crippen molar-refractivity contribution in [1.29, 1.82) is 0 Å². The smallest absolute Gasteiger partial charge is 0.325 e. The normalized spacial score (nSPS) is 9.64. The van der Waals surface area contributed by atoms with Crippen LogP contribution in [-0.2, 0) is 14.3 Å². The molecule has 0 aliphatic rings. The van der Waals surface area contributed by atoms with E-state index in [0.717, 1.165) is 12.5 Å². The molecular formula is C10H17NO3. The molecule has 4 nitrogen and oxygen atoms in total. The van der Waals surface area contributed by atoms with Gasteiger partial charge in [0.2, 0.25) is 5.91 Å². The fourth-order valence-electron chi connectivity index (χ4n) is 0.691. The molecule has 0 aromatic heterocycles. The van der Waals surface area contributed by atoms with Gasteiger partial charge in [-0.3, -0.25) is 9.59 Å². The molecule has 14 heavy (non-hydrogen) atoms. The number of esters is 1. The van der Waals surface area contributed by atoms with E-state index < -0.39 is 5.97 Å². The molecule has 4 heteroatoms. The molecule has 0 radical (unpaired) electrons. The van der Waals surface area contributed by atoms with E-state index in [1.54, 1.807) is 0 Å². The van der Waals surface area contributed by atoms with Crippen molar-refractivity contribution in [2.75, 3.05) is 13.2 Å². The van der Waals surface area contributed by atoms with Gasteiger partial charge in [0.1, 0.15) is 6.54 Å². The Kier molecular flexibility index (Phi) is 6.45. The van der Waals surface area contributed by atoms with Crippen LogP contribution in [0.15, 0.2) is 12.7 Å². The van der Waals surface area contributed by atoms with E-state index in [9.17, 15) is 9.59 Å². The van der Waals surface area contributed by atoms with E-state index in [0.29, 0.717) is 12.5 Å². The second-order valence-electron chi connectivity index (χ2n) is 3.32. The molecule has 1 amide bonds. The Morgan fingerprint density at radius 2 is 2.14 bits per heavy atom.